The van der Waals surface area contributed by atoms with Gasteiger partial charge in [0.05, 0.1) is 11.4 Å². The lowest BCUT2D eigenvalue weighted by Crippen LogP contribution is -2.35. The van der Waals surface area contributed by atoms with Crippen LogP contribution in [0.15, 0.2) is 29.2 Å². The van der Waals surface area contributed by atoms with Gasteiger partial charge in [0.25, 0.3) is 5.91 Å². The number of ether oxygens (including phenoxy) is 1. The molecule has 0 saturated carbocycles. The number of aryl methyl sites for hydroxylation is 1. The summed E-state index contributed by atoms with van der Waals surface area (Å²) >= 11 is 2.97. The molecule has 0 radical (unpaired) electrons. The third kappa shape index (κ3) is 3.86. The molecule has 6 nitrogen and oxygen atoms in total. The van der Waals surface area contributed by atoms with E-state index in [4.69, 9.17) is 4.74 Å². The summed E-state index contributed by atoms with van der Waals surface area (Å²) in [6, 6.07) is 7.85. The lowest BCUT2D eigenvalue weighted by atomic mass is 10.2. The van der Waals surface area contributed by atoms with E-state index >= 15 is 0 Å². The largest absolute Gasteiger partial charge is 0.452 e. The van der Waals surface area contributed by atoms with Crippen LogP contribution in [0.4, 0.5) is 10.7 Å². The summed E-state index contributed by atoms with van der Waals surface area (Å²) in [6.07, 6.45) is 0.885. The fourth-order valence-electron chi connectivity index (χ4n) is 2.80. The highest BCUT2D eigenvalue weighted by Crippen LogP contribution is 2.37. The van der Waals surface area contributed by atoms with E-state index in [1.807, 2.05) is 24.3 Å². The second kappa shape index (κ2) is 8.09. The molecule has 138 valence electrons. The van der Waals surface area contributed by atoms with Crippen molar-refractivity contribution in [2.45, 2.75) is 30.4 Å². The number of carbonyl (C=O) groups is 2. The van der Waals surface area contributed by atoms with Crippen LogP contribution in [0.3, 0.4) is 0 Å². The molecule has 1 unspecified atom stereocenters. The first kappa shape index (κ1) is 18.7. The lowest BCUT2D eigenvalue weighted by molar-refractivity contribution is -0.121. The molecule has 1 N–H and O–H groups in total. The number of nitrogens with zero attached hydrogens (tertiary/aromatic N) is 2. The number of hydrogen-bond donors (Lipinski definition) is 1. The van der Waals surface area contributed by atoms with Crippen molar-refractivity contribution in [1.29, 1.82) is 0 Å². The zero-order valence-electron chi connectivity index (χ0n) is 14.9. The average molecular weight is 392 g/mol. The van der Waals surface area contributed by atoms with E-state index in [9.17, 15) is 9.59 Å². The molecule has 1 aromatic heterocycles. The Labute approximate surface area is 161 Å². The van der Waals surface area contributed by atoms with Crippen molar-refractivity contribution < 1.29 is 14.3 Å². The van der Waals surface area contributed by atoms with Crippen molar-refractivity contribution >= 4 is 45.9 Å². The van der Waals surface area contributed by atoms with E-state index < -0.39 is 5.97 Å². The number of fused-ring (bicyclic) bond motifs is 1. The Morgan fingerprint density at radius 1 is 1.38 bits per heavy atom. The molecule has 1 atom stereocenters. The number of benzene rings is 1. The summed E-state index contributed by atoms with van der Waals surface area (Å²) < 4.78 is 9.45. The normalized spacial score (nSPS) is 16.6. The third-order valence-electron chi connectivity index (χ3n) is 4.17. The molecule has 0 bridgehead atoms. The first-order chi connectivity index (χ1) is 12.5. The predicted octanol–water partition coefficient (Wildman–Crippen LogP) is 3.57. The van der Waals surface area contributed by atoms with E-state index in [1.54, 1.807) is 30.6 Å². The van der Waals surface area contributed by atoms with Gasteiger partial charge in [-0.3, -0.25) is 4.79 Å². The summed E-state index contributed by atoms with van der Waals surface area (Å²) in [5.41, 5.74) is 1.88. The molecule has 2 heterocycles. The molecule has 8 heteroatoms. The lowest BCUT2D eigenvalue weighted by Gasteiger charge is -2.22. The van der Waals surface area contributed by atoms with E-state index in [2.05, 4.69) is 16.6 Å². The van der Waals surface area contributed by atoms with E-state index in [-0.39, 0.29) is 12.5 Å². The van der Waals surface area contributed by atoms with Gasteiger partial charge in [-0.25, -0.2) is 4.79 Å². The molecule has 1 aliphatic heterocycles. The van der Waals surface area contributed by atoms with Gasteiger partial charge in [-0.2, -0.15) is 4.37 Å². The third-order valence-corrected chi connectivity index (χ3v) is 6.36. The van der Waals surface area contributed by atoms with Gasteiger partial charge in [-0.1, -0.05) is 19.1 Å². The van der Waals surface area contributed by atoms with Gasteiger partial charge >= 0.3 is 5.97 Å². The van der Waals surface area contributed by atoms with Crippen LogP contribution in [0, 0.1) is 6.92 Å². The minimum Gasteiger partial charge on any atom is -0.452 e. The maximum absolute atomic E-state index is 12.7. The van der Waals surface area contributed by atoms with Crippen LogP contribution in [0.5, 0.6) is 0 Å². The number of amides is 1. The summed E-state index contributed by atoms with van der Waals surface area (Å²) in [6.45, 7) is 4.23. The smallest absolute Gasteiger partial charge is 0.343 e. The second-order valence-electron chi connectivity index (χ2n) is 6.03. The topological polar surface area (TPSA) is 71.5 Å². The minimum absolute atomic E-state index is 0.215. The van der Waals surface area contributed by atoms with Crippen LogP contribution < -0.4 is 10.2 Å². The van der Waals surface area contributed by atoms with E-state index in [1.165, 1.54) is 11.5 Å². The number of anilines is 2. The van der Waals surface area contributed by atoms with Crippen molar-refractivity contribution in [3.63, 3.8) is 0 Å². The highest BCUT2D eigenvalue weighted by atomic mass is 32.2. The Kier molecular flexibility index (Phi) is 5.83. The molecule has 3 rings (SSSR count). The molecule has 2 aromatic rings. The number of rotatable bonds is 4. The molecule has 0 saturated heterocycles. The molecule has 26 heavy (non-hydrogen) atoms. The maximum atomic E-state index is 12.7. The van der Waals surface area contributed by atoms with Crippen molar-refractivity contribution in [1.82, 2.24) is 4.37 Å². The van der Waals surface area contributed by atoms with Gasteiger partial charge in [0.2, 0.25) is 0 Å². The summed E-state index contributed by atoms with van der Waals surface area (Å²) in [4.78, 5) is 27.9. The first-order valence-corrected chi connectivity index (χ1v) is 10.0. The number of aromatic nitrogens is 1. The summed E-state index contributed by atoms with van der Waals surface area (Å²) in [5.74, 6) is -0.743. The molecule has 0 aliphatic carbocycles. The Morgan fingerprint density at radius 3 is 2.92 bits per heavy atom. The predicted molar refractivity (Wildman–Crippen MR) is 105 cm³/mol. The monoisotopic (exact) mass is 391 g/mol. The van der Waals surface area contributed by atoms with Crippen molar-refractivity contribution in [3.05, 3.63) is 35.5 Å². The van der Waals surface area contributed by atoms with Crippen molar-refractivity contribution in [2.75, 3.05) is 30.4 Å². The van der Waals surface area contributed by atoms with Crippen LogP contribution in [0.1, 0.15) is 29.4 Å². The zero-order valence-corrected chi connectivity index (χ0v) is 16.6. The fraction of sp³-hybridized carbons (Fsp3) is 0.389. The van der Waals surface area contributed by atoms with Crippen LogP contribution in [-0.4, -0.2) is 41.7 Å². The number of para-hydroxylation sites is 1. The highest BCUT2D eigenvalue weighted by molar-refractivity contribution is 8.00. The van der Waals surface area contributed by atoms with Gasteiger partial charge in [0, 0.05) is 23.7 Å². The van der Waals surface area contributed by atoms with Gasteiger partial charge < -0.3 is 15.0 Å². The zero-order chi connectivity index (χ0) is 18.7. The standard InChI is InChI=1S/C18H21N3O3S2/c1-11-8-9-21(13-6-4-5-7-14(13)25-11)15(22)10-24-18(23)16-12(2)20-26-17(16)19-3/h4-7,11,19H,8-10H2,1-3H3. The quantitative estimate of drug-likeness (QED) is 0.804. The average Bonchev–Trinajstić information content (AvgIpc) is 2.92. The van der Waals surface area contributed by atoms with Crippen LogP contribution in [-0.2, 0) is 9.53 Å². The molecule has 0 spiro atoms. The Morgan fingerprint density at radius 2 is 2.15 bits per heavy atom. The summed E-state index contributed by atoms with van der Waals surface area (Å²) in [5, 5.41) is 4.00. The minimum atomic E-state index is -0.528. The number of esters is 1. The molecular formula is C18H21N3O3S2. The van der Waals surface area contributed by atoms with Crippen molar-refractivity contribution in [2.24, 2.45) is 0 Å². The second-order valence-corrected chi connectivity index (χ2v) is 8.28. The van der Waals surface area contributed by atoms with E-state index in [0.29, 0.717) is 28.1 Å². The SMILES string of the molecule is CNc1snc(C)c1C(=O)OCC(=O)N1CCC(C)Sc2ccccc21. The first-order valence-electron chi connectivity index (χ1n) is 8.38. The van der Waals surface area contributed by atoms with Gasteiger partial charge in [0.1, 0.15) is 10.6 Å². The Bertz CT molecular complexity index is 822. The van der Waals surface area contributed by atoms with Gasteiger partial charge in [0.15, 0.2) is 6.61 Å². The molecule has 0 fully saturated rings. The maximum Gasteiger partial charge on any atom is 0.343 e. The molecule has 1 aromatic carbocycles. The number of thioether (sulfide) groups is 1. The van der Waals surface area contributed by atoms with Gasteiger partial charge in [-0.05, 0) is 37.0 Å². The van der Waals surface area contributed by atoms with Crippen molar-refractivity contribution in [3.8, 4) is 0 Å². The number of carbonyl (C=O) groups excluding carboxylic acids is 2. The number of nitrogens with one attached hydrogen (secondary N) is 1. The fourth-order valence-corrected chi connectivity index (χ4v) is 4.65. The van der Waals surface area contributed by atoms with Gasteiger partial charge in [-0.15, -0.1) is 11.8 Å². The number of hydrogen-bond acceptors (Lipinski definition) is 7. The van der Waals surface area contributed by atoms with E-state index in [0.717, 1.165) is 17.0 Å². The van der Waals surface area contributed by atoms with Crippen LogP contribution >= 0.6 is 23.3 Å². The highest BCUT2D eigenvalue weighted by Gasteiger charge is 2.26. The Balaban J connectivity index is 1.72. The van der Waals surface area contributed by atoms with Crippen LogP contribution in [0.25, 0.3) is 0 Å². The molecular weight excluding hydrogens is 370 g/mol. The van der Waals surface area contributed by atoms with Crippen LogP contribution in [0.2, 0.25) is 0 Å². The summed E-state index contributed by atoms with van der Waals surface area (Å²) in [7, 11) is 1.72. The molecule has 1 amide bonds. The Hall–Kier alpha value is -2.06. The molecule has 1 aliphatic rings.